The van der Waals surface area contributed by atoms with Crippen molar-refractivity contribution in [1.82, 2.24) is 14.5 Å². The van der Waals surface area contributed by atoms with Crippen molar-refractivity contribution in [2.75, 3.05) is 0 Å². The van der Waals surface area contributed by atoms with Gasteiger partial charge in [0.2, 0.25) is 0 Å². The van der Waals surface area contributed by atoms with E-state index >= 15 is 0 Å². The standard InChI is InChI=1S/C12H8F3N3S2/c13-12(14,15)7-1-2-10-9(3-7)17-11(19)18(10)5-8-4-16-6-20-8/h1-4,6H,5H2,(H,17,19). The zero-order valence-electron chi connectivity index (χ0n) is 9.94. The van der Waals surface area contributed by atoms with Gasteiger partial charge in [-0.05, 0) is 30.4 Å². The number of hydrogen-bond donors (Lipinski definition) is 1. The first-order valence-electron chi connectivity index (χ1n) is 5.62. The van der Waals surface area contributed by atoms with Gasteiger partial charge in [0.1, 0.15) is 0 Å². The lowest BCUT2D eigenvalue weighted by atomic mass is 10.2. The summed E-state index contributed by atoms with van der Waals surface area (Å²) in [6.07, 6.45) is -2.64. The summed E-state index contributed by atoms with van der Waals surface area (Å²) in [7, 11) is 0. The molecule has 0 saturated heterocycles. The fourth-order valence-corrected chi connectivity index (χ4v) is 2.83. The second-order valence-electron chi connectivity index (χ2n) is 4.21. The maximum Gasteiger partial charge on any atom is 0.416 e. The topological polar surface area (TPSA) is 33.6 Å². The van der Waals surface area contributed by atoms with Gasteiger partial charge in [-0.3, -0.25) is 4.98 Å². The van der Waals surface area contributed by atoms with Crippen molar-refractivity contribution in [1.29, 1.82) is 0 Å². The summed E-state index contributed by atoms with van der Waals surface area (Å²) >= 11 is 6.65. The third-order valence-corrected chi connectivity index (χ3v) is 3.99. The highest BCUT2D eigenvalue weighted by Gasteiger charge is 2.30. The van der Waals surface area contributed by atoms with Crippen molar-refractivity contribution >= 4 is 34.6 Å². The molecule has 104 valence electrons. The minimum Gasteiger partial charge on any atom is -0.331 e. The van der Waals surface area contributed by atoms with Crippen LogP contribution in [0.4, 0.5) is 13.2 Å². The molecule has 3 aromatic rings. The highest BCUT2D eigenvalue weighted by molar-refractivity contribution is 7.71. The predicted molar refractivity (Wildman–Crippen MR) is 73.3 cm³/mol. The summed E-state index contributed by atoms with van der Waals surface area (Å²) in [6, 6.07) is 3.58. The Bertz CT molecular complexity index is 800. The molecule has 2 heterocycles. The van der Waals surface area contributed by atoms with E-state index in [9.17, 15) is 13.2 Å². The predicted octanol–water partition coefficient (Wildman–Crippen LogP) is 4.22. The number of halogens is 3. The second kappa shape index (κ2) is 4.71. The molecule has 0 bridgehead atoms. The summed E-state index contributed by atoms with van der Waals surface area (Å²) in [4.78, 5) is 7.77. The van der Waals surface area contributed by atoms with Crippen LogP contribution in [0.25, 0.3) is 11.0 Å². The van der Waals surface area contributed by atoms with Crippen LogP contribution in [0.5, 0.6) is 0 Å². The second-order valence-corrected chi connectivity index (χ2v) is 5.57. The number of nitrogens with zero attached hydrogens (tertiary/aromatic N) is 2. The Labute approximate surface area is 120 Å². The first kappa shape index (κ1) is 13.3. The number of alkyl halides is 3. The highest BCUT2D eigenvalue weighted by atomic mass is 32.1. The molecule has 20 heavy (non-hydrogen) atoms. The van der Waals surface area contributed by atoms with Crippen LogP contribution in [-0.2, 0) is 12.7 Å². The van der Waals surface area contributed by atoms with Gasteiger partial charge in [0, 0.05) is 11.1 Å². The molecule has 0 aliphatic heterocycles. The molecule has 3 rings (SSSR count). The quantitative estimate of drug-likeness (QED) is 0.718. The van der Waals surface area contributed by atoms with Crippen LogP contribution < -0.4 is 0 Å². The zero-order valence-corrected chi connectivity index (χ0v) is 11.6. The van der Waals surface area contributed by atoms with Crippen molar-refractivity contribution in [2.45, 2.75) is 12.7 Å². The van der Waals surface area contributed by atoms with Crippen molar-refractivity contribution in [3.05, 3.63) is 45.1 Å². The molecule has 0 radical (unpaired) electrons. The molecular weight excluding hydrogens is 307 g/mol. The molecule has 0 atom stereocenters. The summed E-state index contributed by atoms with van der Waals surface area (Å²) in [6.45, 7) is 0.495. The van der Waals surface area contributed by atoms with Crippen molar-refractivity contribution < 1.29 is 13.2 Å². The smallest absolute Gasteiger partial charge is 0.331 e. The van der Waals surface area contributed by atoms with Gasteiger partial charge in [0.25, 0.3) is 0 Å². The third kappa shape index (κ3) is 2.36. The van der Waals surface area contributed by atoms with Gasteiger partial charge in [-0.15, -0.1) is 11.3 Å². The average molecular weight is 315 g/mol. The lowest BCUT2D eigenvalue weighted by molar-refractivity contribution is -0.137. The average Bonchev–Trinajstić information content (AvgIpc) is 2.97. The van der Waals surface area contributed by atoms with E-state index in [0.717, 1.165) is 17.0 Å². The Morgan fingerprint density at radius 1 is 1.35 bits per heavy atom. The van der Waals surface area contributed by atoms with E-state index in [4.69, 9.17) is 12.2 Å². The van der Waals surface area contributed by atoms with E-state index in [1.807, 2.05) is 0 Å². The minimum absolute atomic E-state index is 0.384. The molecular formula is C12H8F3N3S2. The number of imidazole rings is 1. The lowest BCUT2D eigenvalue weighted by Gasteiger charge is -2.07. The summed E-state index contributed by atoms with van der Waals surface area (Å²) < 4.78 is 40.2. The van der Waals surface area contributed by atoms with Crippen LogP contribution in [-0.4, -0.2) is 14.5 Å². The van der Waals surface area contributed by atoms with E-state index < -0.39 is 11.7 Å². The molecule has 1 aromatic carbocycles. The molecule has 0 spiro atoms. The van der Waals surface area contributed by atoms with Gasteiger partial charge in [-0.25, -0.2) is 0 Å². The fraction of sp³-hybridized carbons (Fsp3) is 0.167. The van der Waals surface area contributed by atoms with Crippen molar-refractivity contribution in [2.24, 2.45) is 0 Å². The maximum absolute atomic E-state index is 12.7. The molecule has 1 N–H and O–H groups in total. The Morgan fingerprint density at radius 3 is 2.80 bits per heavy atom. The Balaban J connectivity index is 2.10. The monoisotopic (exact) mass is 315 g/mol. The van der Waals surface area contributed by atoms with Gasteiger partial charge in [-0.2, -0.15) is 13.2 Å². The van der Waals surface area contributed by atoms with Crippen LogP contribution in [0, 0.1) is 4.77 Å². The van der Waals surface area contributed by atoms with Crippen LogP contribution in [0.15, 0.2) is 29.9 Å². The summed E-state index contributed by atoms with van der Waals surface area (Å²) in [5.74, 6) is 0. The molecule has 0 unspecified atom stereocenters. The highest BCUT2D eigenvalue weighted by Crippen LogP contribution is 2.31. The number of rotatable bonds is 2. The summed E-state index contributed by atoms with van der Waals surface area (Å²) in [5.41, 5.74) is 2.05. The summed E-state index contributed by atoms with van der Waals surface area (Å²) in [5, 5.41) is 0. The fourth-order valence-electron chi connectivity index (χ4n) is 1.97. The Hall–Kier alpha value is -1.67. The van der Waals surface area contributed by atoms with Gasteiger partial charge >= 0.3 is 6.18 Å². The van der Waals surface area contributed by atoms with Gasteiger partial charge in [0.05, 0.1) is 28.7 Å². The number of benzene rings is 1. The van der Waals surface area contributed by atoms with Crippen LogP contribution in [0.2, 0.25) is 0 Å². The molecule has 0 aliphatic rings. The molecule has 0 saturated carbocycles. The van der Waals surface area contributed by atoms with Crippen LogP contribution in [0.3, 0.4) is 0 Å². The Morgan fingerprint density at radius 2 is 2.15 bits per heavy atom. The number of fused-ring (bicyclic) bond motifs is 1. The molecule has 8 heteroatoms. The van der Waals surface area contributed by atoms with Crippen molar-refractivity contribution in [3.8, 4) is 0 Å². The normalized spacial score (nSPS) is 12.2. The molecule has 0 fully saturated rings. The number of aromatic amines is 1. The number of aromatic nitrogens is 3. The Kier molecular flexibility index (Phi) is 3.14. The molecule has 3 nitrogen and oxygen atoms in total. The maximum atomic E-state index is 12.7. The van der Waals surface area contributed by atoms with Crippen LogP contribution in [0.1, 0.15) is 10.4 Å². The zero-order chi connectivity index (χ0) is 14.3. The van der Waals surface area contributed by atoms with E-state index in [0.29, 0.717) is 22.3 Å². The van der Waals surface area contributed by atoms with Gasteiger partial charge in [0.15, 0.2) is 4.77 Å². The van der Waals surface area contributed by atoms with Gasteiger partial charge in [-0.1, -0.05) is 0 Å². The number of H-pyrrole nitrogens is 1. The first-order chi connectivity index (χ1) is 9.45. The molecule has 2 aromatic heterocycles. The van der Waals surface area contributed by atoms with Gasteiger partial charge < -0.3 is 9.55 Å². The van der Waals surface area contributed by atoms with E-state index in [1.54, 1.807) is 16.3 Å². The number of thiazole rings is 1. The third-order valence-electron chi connectivity index (χ3n) is 2.90. The largest absolute Gasteiger partial charge is 0.416 e. The number of nitrogens with one attached hydrogen (secondary N) is 1. The minimum atomic E-state index is -4.36. The van der Waals surface area contributed by atoms with E-state index in [2.05, 4.69) is 9.97 Å². The lowest BCUT2D eigenvalue weighted by Crippen LogP contribution is -2.04. The molecule has 0 aliphatic carbocycles. The SMILES string of the molecule is FC(F)(F)c1ccc2c(c1)[nH]c(=S)n2Cc1cncs1. The van der Waals surface area contributed by atoms with E-state index in [-0.39, 0.29) is 0 Å². The van der Waals surface area contributed by atoms with E-state index in [1.165, 1.54) is 17.4 Å². The van der Waals surface area contributed by atoms with Crippen LogP contribution >= 0.6 is 23.6 Å². The van der Waals surface area contributed by atoms with Crippen molar-refractivity contribution in [3.63, 3.8) is 0 Å². The molecule has 0 amide bonds. The first-order valence-corrected chi connectivity index (χ1v) is 6.91. The number of hydrogen-bond acceptors (Lipinski definition) is 3.